The zero-order valence-electron chi connectivity index (χ0n) is 32.4. The minimum atomic E-state index is -5.54. The number of para-hydroxylation sites is 3. The molecule has 7 rings (SSSR count). The summed E-state index contributed by atoms with van der Waals surface area (Å²) in [5, 5.41) is 66.8. The van der Waals surface area contributed by atoms with Gasteiger partial charge in [0, 0.05) is 0 Å². The molecular formula is C36H45O24P3. The number of phosphoric ester groups is 3. The van der Waals surface area contributed by atoms with E-state index in [0.29, 0.717) is 0 Å². The first-order valence-electron chi connectivity index (χ1n) is 19.1. The molecule has 3 unspecified atom stereocenters. The fourth-order valence-corrected chi connectivity index (χ4v) is 9.65. The third kappa shape index (κ3) is 12.1. The highest BCUT2D eigenvalue weighted by atomic mass is 31.2. The Hall–Kier alpha value is -2.97. The van der Waals surface area contributed by atoms with E-state index >= 15 is 0 Å². The van der Waals surface area contributed by atoms with Crippen LogP contribution in [-0.2, 0) is 55.0 Å². The van der Waals surface area contributed by atoms with Gasteiger partial charge in [0.25, 0.3) is 0 Å². The number of benzene rings is 3. The summed E-state index contributed by atoms with van der Waals surface area (Å²) in [6.07, 6.45) is -30.1. The van der Waals surface area contributed by atoms with Gasteiger partial charge in [0.2, 0.25) is 18.9 Å². The minimum absolute atomic E-state index is 0.118. The normalized spacial score (nSPS) is 43.1. The Morgan fingerprint density at radius 3 is 0.873 bits per heavy atom. The van der Waals surface area contributed by atoms with Crippen LogP contribution in [-0.4, -0.2) is 157 Å². The van der Waals surface area contributed by atoms with Crippen LogP contribution in [0.15, 0.2) is 91.0 Å². The van der Waals surface area contributed by atoms with Gasteiger partial charge in [-0.25, -0.2) is 13.7 Å². The number of phosphoric acid groups is 3. The molecule has 18 atom stereocenters. The number of aliphatic hydroxyl groups excluding tert-OH is 6. The summed E-state index contributed by atoms with van der Waals surface area (Å²) in [5.41, 5.74) is 0. The zero-order valence-corrected chi connectivity index (χ0v) is 35.1. The summed E-state index contributed by atoms with van der Waals surface area (Å²) in [6.45, 7) is -3.46. The molecular weight excluding hydrogens is 909 g/mol. The van der Waals surface area contributed by atoms with E-state index in [1.807, 2.05) is 0 Å². The second-order valence-corrected chi connectivity index (χ2v) is 18.6. The lowest BCUT2D eigenvalue weighted by Gasteiger charge is -2.44. The maximum atomic E-state index is 13.6. The molecule has 0 saturated carbocycles. The standard InChI is InChI=1S/C36H45O24P3/c37-25-28(40)34(52-19-10-4-1-5-11-19)55-22-16-49-61(43,44)59-32-24(57-35(29(41)26(32)38)53-20-12-6-2-7-13-20)18-51-63(47,48)60-33-23(17-50-62(45,46)58-31(22)25)56-36(30(42)27(33)39)54-21-14-8-3-9-15-21/h1-15,22-42H,16-18H2,(H,43,44)(H,45,46)(H,47,48)/t22-,23-,24-,25-,26-,27-,28-,29-,30-,31-,32-,33-,34-,35-,36-/m1/s1. The predicted octanol–water partition coefficient (Wildman–Crippen LogP) is 0.0837. The molecule has 0 spiro atoms. The topological polar surface area (TPSA) is 344 Å². The van der Waals surface area contributed by atoms with Crippen LogP contribution in [0, 0.1) is 0 Å². The molecule has 4 aliphatic heterocycles. The molecule has 0 bridgehead atoms. The molecule has 4 heterocycles. The van der Waals surface area contributed by atoms with Crippen molar-refractivity contribution in [3.8, 4) is 17.2 Å². The largest absolute Gasteiger partial charge is 0.472 e. The van der Waals surface area contributed by atoms with Crippen molar-refractivity contribution in [3.63, 3.8) is 0 Å². The third-order valence-electron chi connectivity index (χ3n) is 9.88. The fourth-order valence-electron chi connectivity index (χ4n) is 6.76. The highest BCUT2D eigenvalue weighted by Gasteiger charge is 2.55. The molecule has 9 N–H and O–H groups in total. The lowest BCUT2D eigenvalue weighted by molar-refractivity contribution is -0.282. The van der Waals surface area contributed by atoms with Gasteiger partial charge in [0.15, 0.2) is 0 Å². The number of ether oxygens (including phenoxy) is 6. The molecule has 3 aromatic rings. The van der Waals surface area contributed by atoms with Crippen molar-refractivity contribution in [1.29, 1.82) is 0 Å². The molecule has 348 valence electrons. The lowest BCUT2D eigenvalue weighted by atomic mass is 9.99. The van der Waals surface area contributed by atoms with Crippen LogP contribution < -0.4 is 14.2 Å². The monoisotopic (exact) mass is 954 g/mol. The van der Waals surface area contributed by atoms with Crippen LogP contribution in [0.5, 0.6) is 17.2 Å². The van der Waals surface area contributed by atoms with E-state index in [4.69, 9.17) is 55.6 Å². The first-order valence-corrected chi connectivity index (χ1v) is 23.5. The maximum Gasteiger partial charge on any atom is 0.472 e. The first kappa shape index (κ1) is 48.0. The molecule has 0 aliphatic carbocycles. The van der Waals surface area contributed by atoms with Gasteiger partial charge in [-0.2, -0.15) is 0 Å². The van der Waals surface area contributed by atoms with Crippen LogP contribution in [0.1, 0.15) is 0 Å². The third-order valence-corrected chi connectivity index (χ3v) is 12.8. The van der Waals surface area contributed by atoms with E-state index in [1.165, 1.54) is 36.4 Å². The summed E-state index contributed by atoms with van der Waals surface area (Å²) in [5.74, 6) is 0.355. The van der Waals surface area contributed by atoms with Gasteiger partial charge in [0.05, 0.1) is 19.8 Å². The number of hydrogen-bond donors (Lipinski definition) is 9. The number of hydrogen-bond acceptors (Lipinski definition) is 21. The molecule has 0 radical (unpaired) electrons. The van der Waals surface area contributed by atoms with E-state index in [-0.39, 0.29) is 17.2 Å². The van der Waals surface area contributed by atoms with Gasteiger partial charge >= 0.3 is 23.5 Å². The minimum Gasteiger partial charge on any atom is -0.462 e. The number of aliphatic hydroxyl groups is 6. The molecule has 0 amide bonds. The van der Waals surface area contributed by atoms with Crippen LogP contribution in [0.4, 0.5) is 0 Å². The van der Waals surface area contributed by atoms with Crippen molar-refractivity contribution in [2.75, 3.05) is 19.8 Å². The highest BCUT2D eigenvalue weighted by Crippen LogP contribution is 2.53. The molecule has 4 fully saturated rings. The molecule has 24 nitrogen and oxygen atoms in total. The Balaban J connectivity index is 1.21. The van der Waals surface area contributed by atoms with Gasteiger partial charge in [0.1, 0.15) is 90.5 Å². The van der Waals surface area contributed by atoms with Crippen LogP contribution >= 0.6 is 23.5 Å². The average molecular weight is 955 g/mol. The average Bonchev–Trinajstić information content (AvgIpc) is 3.25. The van der Waals surface area contributed by atoms with Crippen molar-refractivity contribution in [1.82, 2.24) is 0 Å². The lowest BCUT2D eigenvalue weighted by Crippen LogP contribution is -2.61. The fraction of sp³-hybridized carbons (Fsp3) is 0.500. The molecule has 4 aliphatic rings. The first-order chi connectivity index (χ1) is 29.9. The van der Waals surface area contributed by atoms with Crippen molar-refractivity contribution in [2.45, 2.75) is 92.1 Å². The molecule has 4 saturated heterocycles. The van der Waals surface area contributed by atoms with Crippen LogP contribution in [0.3, 0.4) is 0 Å². The molecule has 63 heavy (non-hydrogen) atoms. The van der Waals surface area contributed by atoms with E-state index in [9.17, 15) is 59.0 Å². The van der Waals surface area contributed by atoms with Gasteiger partial charge < -0.3 is 73.7 Å². The van der Waals surface area contributed by atoms with E-state index in [0.717, 1.165) is 0 Å². The van der Waals surface area contributed by atoms with Crippen molar-refractivity contribution in [2.24, 2.45) is 0 Å². The summed E-state index contributed by atoms with van der Waals surface area (Å²) in [7, 11) is -16.6. The van der Waals surface area contributed by atoms with Crippen LogP contribution in [0.25, 0.3) is 0 Å². The van der Waals surface area contributed by atoms with Gasteiger partial charge in [-0.05, 0) is 36.4 Å². The Bertz CT molecular complexity index is 1840. The number of rotatable bonds is 6. The Labute approximate surface area is 357 Å². The second-order valence-electron chi connectivity index (χ2n) is 14.4. The maximum absolute atomic E-state index is 13.6. The summed E-state index contributed by atoms with van der Waals surface area (Å²) in [4.78, 5) is 32.8. The van der Waals surface area contributed by atoms with Crippen molar-refractivity contribution < 1.29 is 115 Å². The van der Waals surface area contributed by atoms with Crippen molar-refractivity contribution in [3.05, 3.63) is 91.0 Å². The van der Waals surface area contributed by atoms with Gasteiger partial charge in [-0.1, -0.05) is 54.6 Å². The quantitative estimate of drug-likeness (QED) is 0.148. The Morgan fingerprint density at radius 1 is 0.397 bits per heavy atom. The summed E-state index contributed by atoms with van der Waals surface area (Å²) >= 11 is 0. The summed E-state index contributed by atoms with van der Waals surface area (Å²) < 4.78 is 106. The van der Waals surface area contributed by atoms with E-state index in [1.54, 1.807) is 54.6 Å². The van der Waals surface area contributed by atoms with E-state index in [2.05, 4.69) is 0 Å². The van der Waals surface area contributed by atoms with E-state index < -0.39 is 135 Å². The molecule has 0 aromatic heterocycles. The predicted molar refractivity (Wildman–Crippen MR) is 205 cm³/mol. The second kappa shape index (κ2) is 20.3. The zero-order chi connectivity index (χ0) is 45.1. The highest BCUT2D eigenvalue weighted by molar-refractivity contribution is 7.48. The number of fused-ring (bicyclic) bond motifs is 3. The SMILES string of the molecule is O=P1(O)OC[C@H]2O[C@@H](Oc3ccccc3)[C@H](O)[C@@H](O)[C@@H]2OP(=O)(O)OC[C@H]2O[C@@H](Oc3ccccc3)[C@H](O)[C@@H](O)[C@@H]2OP(=O)(O)OC[C@H]2O[C@@H](Oc3ccccc3)[C@H](O)[C@@H](O)[C@@H]2O1. The van der Waals surface area contributed by atoms with Gasteiger partial charge in [-0.3, -0.25) is 27.1 Å². The van der Waals surface area contributed by atoms with Gasteiger partial charge in [-0.15, -0.1) is 0 Å². The van der Waals surface area contributed by atoms with Crippen LogP contribution in [0.2, 0.25) is 0 Å². The molecule has 27 heteroatoms. The van der Waals surface area contributed by atoms with Crippen molar-refractivity contribution >= 4 is 23.5 Å². The smallest absolute Gasteiger partial charge is 0.462 e. The Kier molecular flexibility index (Phi) is 15.4. The molecule has 3 aromatic carbocycles. The summed E-state index contributed by atoms with van der Waals surface area (Å²) in [6, 6.07) is 23.1. The Morgan fingerprint density at radius 2 is 0.635 bits per heavy atom.